The largest absolute Gasteiger partial charge is 0.352 e. The molecule has 0 saturated heterocycles. The van der Waals surface area contributed by atoms with E-state index in [1.807, 2.05) is 43.3 Å². The number of nitrogens with one attached hydrogen (secondary N) is 1. The van der Waals surface area contributed by atoms with Crippen LogP contribution in [0.1, 0.15) is 56.6 Å². The van der Waals surface area contributed by atoms with Gasteiger partial charge in [0.15, 0.2) is 0 Å². The van der Waals surface area contributed by atoms with E-state index in [9.17, 15) is 18.0 Å². The summed E-state index contributed by atoms with van der Waals surface area (Å²) in [5, 5.41) is 3.10. The highest BCUT2D eigenvalue weighted by molar-refractivity contribution is 9.10. The van der Waals surface area contributed by atoms with Gasteiger partial charge in [0, 0.05) is 30.0 Å². The fourth-order valence-corrected chi connectivity index (χ4v) is 5.93. The Kier molecular flexibility index (Phi) is 9.96. The van der Waals surface area contributed by atoms with Crippen LogP contribution in [0.15, 0.2) is 53.0 Å². The van der Waals surface area contributed by atoms with Gasteiger partial charge in [0.05, 0.1) is 11.9 Å². The van der Waals surface area contributed by atoms with Gasteiger partial charge in [-0.2, -0.15) is 0 Å². The van der Waals surface area contributed by atoms with Gasteiger partial charge in [-0.15, -0.1) is 0 Å². The van der Waals surface area contributed by atoms with E-state index in [0.29, 0.717) is 18.7 Å². The molecular weight excluding hydrogens is 542 g/mol. The Morgan fingerprint density at radius 1 is 1.11 bits per heavy atom. The number of carbonyl (C=O) groups excluding carboxylic acids is 2. The lowest BCUT2D eigenvalue weighted by molar-refractivity contribution is -0.141. The third-order valence-electron chi connectivity index (χ3n) is 6.58. The Hall–Kier alpha value is -2.39. The Balaban J connectivity index is 1.71. The zero-order valence-electron chi connectivity index (χ0n) is 21.2. The highest BCUT2D eigenvalue weighted by Crippen LogP contribution is 2.21. The van der Waals surface area contributed by atoms with Crippen molar-refractivity contribution in [1.82, 2.24) is 10.2 Å². The number of hydrogen-bond donors (Lipinski definition) is 1. The van der Waals surface area contributed by atoms with Crippen molar-refractivity contribution in [2.45, 2.75) is 71.0 Å². The Bertz CT molecular complexity index is 1150. The summed E-state index contributed by atoms with van der Waals surface area (Å²) in [5.41, 5.74) is 2.52. The SMILES string of the molecule is Cc1ccc(N(CCCC(=O)N(Cc2cccc(Br)c2)[C@H](C)C(=O)NC2CCCC2)S(C)(=O)=O)cc1. The van der Waals surface area contributed by atoms with Crippen molar-refractivity contribution in [3.05, 3.63) is 64.1 Å². The van der Waals surface area contributed by atoms with E-state index in [-0.39, 0.29) is 30.8 Å². The van der Waals surface area contributed by atoms with Gasteiger partial charge in [0.25, 0.3) is 0 Å². The minimum atomic E-state index is -3.51. The molecule has 2 amide bonds. The van der Waals surface area contributed by atoms with Gasteiger partial charge in [-0.1, -0.05) is 58.6 Å². The lowest BCUT2D eigenvalue weighted by Crippen LogP contribution is -2.49. The molecule has 0 heterocycles. The minimum Gasteiger partial charge on any atom is -0.352 e. The molecule has 1 aliphatic carbocycles. The number of aryl methyl sites for hydroxylation is 1. The monoisotopic (exact) mass is 577 g/mol. The van der Waals surface area contributed by atoms with E-state index in [0.717, 1.165) is 41.3 Å². The van der Waals surface area contributed by atoms with Crippen molar-refractivity contribution in [3.8, 4) is 0 Å². The molecule has 0 bridgehead atoms. The number of anilines is 1. The van der Waals surface area contributed by atoms with E-state index in [1.165, 1.54) is 10.6 Å². The summed E-state index contributed by atoms with van der Waals surface area (Å²) in [6, 6.07) is 14.5. The van der Waals surface area contributed by atoms with Crippen molar-refractivity contribution in [1.29, 1.82) is 0 Å². The van der Waals surface area contributed by atoms with Crippen LogP contribution in [0.5, 0.6) is 0 Å². The smallest absolute Gasteiger partial charge is 0.242 e. The second kappa shape index (κ2) is 12.7. The van der Waals surface area contributed by atoms with Gasteiger partial charge < -0.3 is 10.2 Å². The number of benzene rings is 2. The third-order valence-corrected chi connectivity index (χ3v) is 8.27. The second-order valence-electron chi connectivity index (χ2n) is 9.59. The molecule has 1 saturated carbocycles. The summed E-state index contributed by atoms with van der Waals surface area (Å²) in [7, 11) is -3.51. The van der Waals surface area contributed by atoms with Crippen LogP contribution in [-0.2, 0) is 26.2 Å². The number of sulfonamides is 1. The molecule has 1 fully saturated rings. The molecule has 2 aromatic rings. The highest BCUT2D eigenvalue weighted by Gasteiger charge is 2.28. The summed E-state index contributed by atoms with van der Waals surface area (Å²) in [4.78, 5) is 28.0. The molecule has 1 N–H and O–H groups in total. The first kappa shape index (κ1) is 28.2. The number of hydrogen-bond acceptors (Lipinski definition) is 4. The Labute approximate surface area is 223 Å². The molecular formula is C27H36BrN3O4S. The maximum atomic E-state index is 13.4. The number of amides is 2. The van der Waals surface area contributed by atoms with E-state index < -0.39 is 16.1 Å². The zero-order chi connectivity index (χ0) is 26.3. The van der Waals surface area contributed by atoms with Crippen LogP contribution in [-0.4, -0.2) is 50.0 Å². The number of rotatable bonds is 11. The van der Waals surface area contributed by atoms with Crippen LogP contribution in [0.2, 0.25) is 0 Å². The first-order valence-electron chi connectivity index (χ1n) is 12.4. The van der Waals surface area contributed by atoms with Crippen LogP contribution >= 0.6 is 15.9 Å². The van der Waals surface area contributed by atoms with E-state index in [2.05, 4.69) is 21.2 Å². The molecule has 0 aromatic heterocycles. The predicted octanol–water partition coefficient (Wildman–Crippen LogP) is 4.78. The van der Waals surface area contributed by atoms with Crippen molar-refractivity contribution >= 4 is 43.5 Å². The van der Waals surface area contributed by atoms with Crippen LogP contribution in [0.25, 0.3) is 0 Å². The van der Waals surface area contributed by atoms with Crippen molar-refractivity contribution in [3.63, 3.8) is 0 Å². The van der Waals surface area contributed by atoms with E-state index in [4.69, 9.17) is 0 Å². The number of carbonyl (C=O) groups is 2. The van der Waals surface area contributed by atoms with Crippen LogP contribution in [0.3, 0.4) is 0 Å². The molecule has 0 radical (unpaired) electrons. The van der Waals surface area contributed by atoms with Gasteiger partial charge >= 0.3 is 0 Å². The van der Waals surface area contributed by atoms with Crippen LogP contribution < -0.4 is 9.62 Å². The highest BCUT2D eigenvalue weighted by atomic mass is 79.9. The standard InChI is InChI=1S/C27H36BrN3O4S/c1-20-13-15-25(16-14-20)31(36(3,34)35)17-7-12-26(32)30(19-22-8-6-9-23(28)18-22)21(2)27(33)29-24-10-4-5-11-24/h6,8-9,13-16,18,21,24H,4-5,7,10-12,17,19H2,1-3H3,(H,29,33)/t21-/m1/s1. The Morgan fingerprint density at radius 2 is 1.78 bits per heavy atom. The summed E-state index contributed by atoms with van der Waals surface area (Å²) in [6.07, 6.45) is 5.80. The zero-order valence-corrected chi connectivity index (χ0v) is 23.6. The average Bonchev–Trinajstić information content (AvgIpc) is 3.33. The van der Waals surface area contributed by atoms with Crippen LogP contribution in [0, 0.1) is 6.92 Å². The average molecular weight is 579 g/mol. The normalized spacial score (nSPS) is 14.9. The summed E-state index contributed by atoms with van der Waals surface area (Å²) in [5.74, 6) is -0.330. The van der Waals surface area contributed by atoms with Crippen molar-refractivity contribution in [2.75, 3.05) is 17.1 Å². The molecule has 0 aliphatic heterocycles. The van der Waals surface area contributed by atoms with Crippen molar-refractivity contribution in [2.24, 2.45) is 0 Å². The first-order valence-corrected chi connectivity index (χ1v) is 15.1. The summed E-state index contributed by atoms with van der Waals surface area (Å²) >= 11 is 3.47. The van der Waals surface area contributed by atoms with Gasteiger partial charge in [-0.05, 0) is 62.9 Å². The number of nitrogens with zero attached hydrogens (tertiary/aromatic N) is 2. The molecule has 36 heavy (non-hydrogen) atoms. The van der Waals surface area contributed by atoms with Crippen molar-refractivity contribution < 1.29 is 18.0 Å². The van der Waals surface area contributed by atoms with Gasteiger partial charge in [-0.25, -0.2) is 8.42 Å². The molecule has 196 valence electrons. The molecule has 0 spiro atoms. The topological polar surface area (TPSA) is 86.8 Å². The summed E-state index contributed by atoms with van der Waals surface area (Å²) in [6.45, 7) is 4.18. The molecule has 3 rings (SSSR count). The maximum absolute atomic E-state index is 13.4. The second-order valence-corrected chi connectivity index (χ2v) is 12.4. The van der Waals surface area contributed by atoms with Gasteiger partial charge in [0.2, 0.25) is 21.8 Å². The molecule has 9 heteroatoms. The molecule has 1 aliphatic rings. The molecule has 2 aromatic carbocycles. The molecule has 7 nitrogen and oxygen atoms in total. The molecule has 0 unspecified atom stereocenters. The fraction of sp³-hybridized carbons (Fsp3) is 0.481. The lowest BCUT2D eigenvalue weighted by Gasteiger charge is -2.30. The lowest BCUT2D eigenvalue weighted by atomic mass is 10.1. The summed E-state index contributed by atoms with van der Waals surface area (Å²) < 4.78 is 27.1. The quantitative estimate of drug-likeness (QED) is 0.416. The Morgan fingerprint density at radius 3 is 2.39 bits per heavy atom. The van der Waals surface area contributed by atoms with Gasteiger partial charge in [0.1, 0.15) is 6.04 Å². The fourth-order valence-electron chi connectivity index (χ4n) is 4.52. The minimum absolute atomic E-state index is 0.132. The first-order chi connectivity index (χ1) is 17.0. The van der Waals surface area contributed by atoms with Gasteiger partial charge in [-0.3, -0.25) is 13.9 Å². The maximum Gasteiger partial charge on any atom is 0.242 e. The number of halogens is 1. The predicted molar refractivity (Wildman–Crippen MR) is 147 cm³/mol. The third kappa shape index (κ3) is 8.06. The van der Waals surface area contributed by atoms with E-state index >= 15 is 0 Å². The van der Waals surface area contributed by atoms with E-state index in [1.54, 1.807) is 24.0 Å². The van der Waals surface area contributed by atoms with Crippen LogP contribution in [0.4, 0.5) is 5.69 Å². The molecule has 1 atom stereocenters.